The van der Waals surface area contributed by atoms with Crippen molar-refractivity contribution in [1.82, 2.24) is 0 Å². The van der Waals surface area contributed by atoms with Crippen molar-refractivity contribution in [2.45, 2.75) is 27.2 Å². The minimum absolute atomic E-state index is 0.0499. The van der Waals surface area contributed by atoms with Crippen LogP contribution in [-0.4, -0.2) is 24.9 Å². The normalized spacial score (nSPS) is 10.2. The minimum Gasteiger partial charge on any atom is -0.371 e. The number of carbonyl (C=O) groups excluding carboxylic acids is 2. The maximum Gasteiger partial charge on any atom is 0.226 e. The molecule has 0 spiro atoms. The predicted octanol–water partition coefficient (Wildman–Crippen LogP) is 3.81. The third kappa shape index (κ3) is 5.95. The average molecular weight is 339 g/mol. The lowest BCUT2D eigenvalue weighted by Gasteiger charge is -2.23. The Morgan fingerprint density at radius 1 is 1.00 bits per heavy atom. The van der Waals surface area contributed by atoms with Crippen molar-refractivity contribution in [3.63, 3.8) is 0 Å². The lowest BCUT2D eigenvalue weighted by atomic mass is 10.2. The molecular formula is C20H25N3O2. The monoisotopic (exact) mass is 339 g/mol. The minimum atomic E-state index is -0.139. The van der Waals surface area contributed by atoms with E-state index in [0.29, 0.717) is 24.3 Å². The fourth-order valence-corrected chi connectivity index (χ4v) is 2.63. The highest BCUT2D eigenvalue weighted by Crippen LogP contribution is 2.17. The molecule has 0 aliphatic heterocycles. The van der Waals surface area contributed by atoms with Gasteiger partial charge in [-0.3, -0.25) is 9.59 Å². The van der Waals surface area contributed by atoms with Gasteiger partial charge in [0.05, 0.1) is 0 Å². The number of amides is 2. The summed E-state index contributed by atoms with van der Waals surface area (Å²) in [5.41, 5.74) is 3.67. The summed E-state index contributed by atoms with van der Waals surface area (Å²) >= 11 is 0. The molecule has 2 N–H and O–H groups in total. The maximum absolute atomic E-state index is 12.2. The summed E-state index contributed by atoms with van der Waals surface area (Å²) in [6.07, 6.45) is 0.395. The van der Waals surface area contributed by atoms with Crippen LogP contribution in [0, 0.1) is 6.92 Å². The lowest BCUT2D eigenvalue weighted by Crippen LogP contribution is -2.27. The molecule has 0 aliphatic rings. The molecule has 2 aromatic carbocycles. The van der Waals surface area contributed by atoms with Gasteiger partial charge in [-0.1, -0.05) is 18.2 Å². The van der Waals surface area contributed by atoms with E-state index >= 15 is 0 Å². The second-order valence-corrected chi connectivity index (χ2v) is 5.98. The first-order valence-corrected chi connectivity index (χ1v) is 8.47. The molecule has 0 unspecified atom stereocenters. The van der Waals surface area contributed by atoms with Gasteiger partial charge in [-0.05, 0) is 49.7 Å². The van der Waals surface area contributed by atoms with E-state index in [2.05, 4.69) is 47.6 Å². The van der Waals surface area contributed by atoms with Crippen LogP contribution in [0.5, 0.6) is 0 Å². The van der Waals surface area contributed by atoms with Crippen molar-refractivity contribution in [3.05, 3.63) is 54.1 Å². The van der Waals surface area contributed by atoms with E-state index in [9.17, 15) is 9.59 Å². The van der Waals surface area contributed by atoms with Crippen molar-refractivity contribution in [1.29, 1.82) is 0 Å². The quantitative estimate of drug-likeness (QED) is 0.806. The van der Waals surface area contributed by atoms with Crippen molar-refractivity contribution < 1.29 is 9.59 Å². The SMILES string of the molecule is CCN(CCC(=O)Nc1cccc(NC(C)=O)c1)c1cccc(C)c1. The number of rotatable bonds is 7. The zero-order chi connectivity index (χ0) is 18.2. The molecule has 132 valence electrons. The van der Waals surface area contributed by atoms with E-state index in [1.165, 1.54) is 12.5 Å². The van der Waals surface area contributed by atoms with Crippen LogP contribution in [0.25, 0.3) is 0 Å². The predicted molar refractivity (Wildman–Crippen MR) is 103 cm³/mol. The average Bonchev–Trinajstić information content (AvgIpc) is 2.55. The molecule has 25 heavy (non-hydrogen) atoms. The summed E-state index contributed by atoms with van der Waals surface area (Å²) in [6, 6.07) is 15.4. The molecule has 0 bridgehead atoms. The summed E-state index contributed by atoms with van der Waals surface area (Å²) in [6.45, 7) is 7.09. The van der Waals surface area contributed by atoms with Crippen molar-refractivity contribution in [2.24, 2.45) is 0 Å². The first-order valence-electron chi connectivity index (χ1n) is 8.47. The van der Waals surface area contributed by atoms with Crippen LogP contribution < -0.4 is 15.5 Å². The molecule has 0 fully saturated rings. The van der Waals surface area contributed by atoms with Crippen molar-refractivity contribution in [3.8, 4) is 0 Å². The fraction of sp³-hybridized carbons (Fsp3) is 0.300. The molecule has 0 aliphatic carbocycles. The van der Waals surface area contributed by atoms with E-state index in [1.54, 1.807) is 24.3 Å². The molecule has 5 heteroatoms. The topological polar surface area (TPSA) is 61.4 Å². The Bertz CT molecular complexity index is 743. The molecule has 0 saturated heterocycles. The van der Waals surface area contributed by atoms with Crippen molar-refractivity contribution >= 4 is 28.9 Å². The second kappa shape index (κ2) is 8.87. The highest BCUT2D eigenvalue weighted by Gasteiger charge is 2.09. The summed E-state index contributed by atoms with van der Waals surface area (Å²) in [4.78, 5) is 25.5. The number of aryl methyl sites for hydroxylation is 1. The first kappa shape index (κ1) is 18.5. The third-order valence-electron chi connectivity index (χ3n) is 3.82. The van der Waals surface area contributed by atoms with E-state index < -0.39 is 0 Å². The van der Waals surface area contributed by atoms with Crippen LogP contribution in [0.4, 0.5) is 17.1 Å². The van der Waals surface area contributed by atoms with Gasteiger partial charge in [0, 0.05) is 43.5 Å². The van der Waals surface area contributed by atoms with E-state index in [-0.39, 0.29) is 11.8 Å². The van der Waals surface area contributed by atoms with Crippen molar-refractivity contribution in [2.75, 3.05) is 28.6 Å². The molecule has 0 saturated carbocycles. The Morgan fingerprint density at radius 2 is 1.68 bits per heavy atom. The number of carbonyl (C=O) groups is 2. The van der Waals surface area contributed by atoms with Gasteiger partial charge in [0.2, 0.25) is 11.8 Å². The first-order chi connectivity index (χ1) is 12.0. The number of nitrogens with zero attached hydrogens (tertiary/aromatic N) is 1. The highest BCUT2D eigenvalue weighted by atomic mass is 16.2. The number of nitrogens with one attached hydrogen (secondary N) is 2. The summed E-state index contributed by atoms with van der Waals surface area (Å²) < 4.78 is 0. The Kier molecular flexibility index (Phi) is 6.57. The second-order valence-electron chi connectivity index (χ2n) is 5.98. The van der Waals surface area contributed by atoms with E-state index in [0.717, 1.165) is 12.2 Å². The number of benzene rings is 2. The van der Waals surface area contributed by atoms with Crippen LogP contribution in [-0.2, 0) is 9.59 Å². The largest absolute Gasteiger partial charge is 0.371 e. The maximum atomic E-state index is 12.2. The van der Waals surface area contributed by atoms with Gasteiger partial charge in [0.25, 0.3) is 0 Å². The number of hydrogen-bond acceptors (Lipinski definition) is 3. The van der Waals surface area contributed by atoms with E-state index in [4.69, 9.17) is 0 Å². The Labute approximate surface area is 149 Å². The summed E-state index contributed by atoms with van der Waals surface area (Å²) in [7, 11) is 0. The van der Waals surface area contributed by atoms with Crippen LogP contribution in [0.3, 0.4) is 0 Å². The van der Waals surface area contributed by atoms with E-state index in [1.807, 2.05) is 6.07 Å². The number of hydrogen-bond donors (Lipinski definition) is 2. The zero-order valence-corrected chi connectivity index (χ0v) is 15.0. The van der Waals surface area contributed by atoms with Crippen LogP contribution in [0.15, 0.2) is 48.5 Å². The van der Waals surface area contributed by atoms with Gasteiger partial charge in [-0.15, -0.1) is 0 Å². The summed E-state index contributed by atoms with van der Waals surface area (Å²) in [5, 5.41) is 5.59. The summed E-state index contributed by atoms with van der Waals surface area (Å²) in [5.74, 6) is -0.189. The van der Waals surface area contributed by atoms with Gasteiger partial charge in [-0.25, -0.2) is 0 Å². The van der Waals surface area contributed by atoms with Gasteiger partial charge >= 0.3 is 0 Å². The van der Waals surface area contributed by atoms with Crippen LogP contribution in [0.1, 0.15) is 25.8 Å². The molecule has 2 aromatic rings. The molecule has 5 nitrogen and oxygen atoms in total. The molecular weight excluding hydrogens is 314 g/mol. The molecule has 0 atom stereocenters. The van der Waals surface area contributed by atoms with Gasteiger partial charge in [-0.2, -0.15) is 0 Å². The molecule has 0 heterocycles. The van der Waals surface area contributed by atoms with Crippen LogP contribution >= 0.6 is 0 Å². The standard InChI is InChI=1S/C20H25N3O2/c1-4-23(19-10-5-7-15(2)13-19)12-11-20(25)22-18-9-6-8-17(14-18)21-16(3)24/h5-10,13-14H,4,11-12H2,1-3H3,(H,21,24)(H,22,25). The Morgan fingerprint density at radius 3 is 2.32 bits per heavy atom. The molecule has 0 radical (unpaired) electrons. The van der Waals surface area contributed by atoms with Gasteiger partial charge in [0.15, 0.2) is 0 Å². The van der Waals surface area contributed by atoms with Crippen LogP contribution in [0.2, 0.25) is 0 Å². The zero-order valence-electron chi connectivity index (χ0n) is 15.0. The molecule has 0 aromatic heterocycles. The number of anilines is 3. The lowest BCUT2D eigenvalue weighted by molar-refractivity contribution is -0.116. The van der Waals surface area contributed by atoms with Gasteiger partial charge in [0.1, 0.15) is 0 Å². The molecule has 2 amide bonds. The third-order valence-corrected chi connectivity index (χ3v) is 3.82. The smallest absolute Gasteiger partial charge is 0.226 e. The van der Waals surface area contributed by atoms with Gasteiger partial charge < -0.3 is 15.5 Å². The fourth-order valence-electron chi connectivity index (χ4n) is 2.63. The highest BCUT2D eigenvalue weighted by molar-refractivity contribution is 5.93. The Hall–Kier alpha value is -2.82. The molecule has 2 rings (SSSR count). The Balaban J connectivity index is 1.92.